The first-order valence-electron chi connectivity index (χ1n) is 9.13. The zero-order valence-electron chi connectivity index (χ0n) is 15.4. The molecule has 2 rings (SSSR count). The van der Waals surface area contributed by atoms with E-state index in [1.54, 1.807) is 24.3 Å². The van der Waals surface area contributed by atoms with E-state index in [4.69, 9.17) is 0 Å². The molecule has 2 unspecified atom stereocenters. The lowest BCUT2D eigenvalue weighted by Gasteiger charge is -2.18. The van der Waals surface area contributed by atoms with Crippen molar-refractivity contribution in [2.75, 3.05) is 32.7 Å². The van der Waals surface area contributed by atoms with Gasteiger partial charge in [-0.25, -0.2) is 8.42 Å². The van der Waals surface area contributed by atoms with E-state index in [1.807, 2.05) is 13.8 Å². The molecule has 0 saturated carbocycles. The van der Waals surface area contributed by atoms with Gasteiger partial charge < -0.3 is 15.7 Å². The molecule has 3 N–H and O–H groups in total. The molecule has 26 heavy (non-hydrogen) atoms. The van der Waals surface area contributed by atoms with Crippen molar-refractivity contribution in [2.24, 2.45) is 5.92 Å². The Kier molecular flexibility index (Phi) is 7.57. The van der Waals surface area contributed by atoms with Crippen LogP contribution in [0, 0.1) is 5.92 Å². The van der Waals surface area contributed by atoms with Crippen molar-refractivity contribution in [3.05, 3.63) is 29.8 Å². The topological polar surface area (TPSA) is 98.7 Å². The molecule has 1 heterocycles. The Morgan fingerprint density at radius 2 is 1.88 bits per heavy atom. The number of aliphatic hydroxyl groups excluding tert-OH is 1. The van der Waals surface area contributed by atoms with Crippen LogP contribution < -0.4 is 10.6 Å². The molecule has 0 aromatic heterocycles. The van der Waals surface area contributed by atoms with Crippen LogP contribution in [0.4, 0.5) is 0 Å². The second kappa shape index (κ2) is 9.45. The first-order chi connectivity index (χ1) is 12.4. The minimum atomic E-state index is -3.45. The average Bonchev–Trinajstić information content (AvgIpc) is 3.04. The summed E-state index contributed by atoms with van der Waals surface area (Å²) in [5.74, 6) is -0.00698. The quantitative estimate of drug-likeness (QED) is 0.571. The standard InChI is InChI=1S/C18H29N3O4S/c1-3-21(4-2)26(24,25)16-8-5-14(6-9-16)7-10-18(23)20-12-15-11-19-13-17(15)22/h5-6,8-9,15,17,19,22H,3-4,7,10-13H2,1-2H3,(H,20,23). The van der Waals surface area contributed by atoms with Gasteiger partial charge in [-0.1, -0.05) is 26.0 Å². The van der Waals surface area contributed by atoms with Gasteiger partial charge in [0.2, 0.25) is 15.9 Å². The molecule has 1 fully saturated rings. The Bertz CT molecular complexity index is 687. The fourth-order valence-electron chi connectivity index (χ4n) is 3.06. The van der Waals surface area contributed by atoms with Crippen LogP contribution in [0.3, 0.4) is 0 Å². The number of amides is 1. The number of hydrogen-bond donors (Lipinski definition) is 3. The second-order valence-electron chi connectivity index (χ2n) is 6.52. The summed E-state index contributed by atoms with van der Waals surface area (Å²) in [6.07, 6.45) is 0.469. The van der Waals surface area contributed by atoms with Crippen molar-refractivity contribution in [1.82, 2.24) is 14.9 Å². The van der Waals surface area contributed by atoms with Crippen LogP contribution in [0.1, 0.15) is 25.8 Å². The maximum absolute atomic E-state index is 12.4. The number of nitrogens with one attached hydrogen (secondary N) is 2. The number of carbonyl (C=O) groups is 1. The predicted octanol–water partition coefficient (Wildman–Crippen LogP) is 0.346. The fourth-order valence-corrected chi connectivity index (χ4v) is 4.52. The average molecular weight is 384 g/mol. The summed E-state index contributed by atoms with van der Waals surface area (Å²) in [7, 11) is -3.45. The smallest absolute Gasteiger partial charge is 0.243 e. The van der Waals surface area contributed by atoms with E-state index in [1.165, 1.54) is 4.31 Å². The van der Waals surface area contributed by atoms with Gasteiger partial charge in [-0.2, -0.15) is 4.31 Å². The SMILES string of the molecule is CCN(CC)S(=O)(=O)c1ccc(CCC(=O)NCC2CNCC2O)cc1. The van der Waals surface area contributed by atoms with Crippen LogP contribution in [0.2, 0.25) is 0 Å². The van der Waals surface area contributed by atoms with Crippen molar-refractivity contribution in [3.8, 4) is 0 Å². The molecule has 7 nitrogen and oxygen atoms in total. The van der Waals surface area contributed by atoms with E-state index in [2.05, 4.69) is 10.6 Å². The van der Waals surface area contributed by atoms with Crippen LogP contribution in [-0.4, -0.2) is 62.6 Å². The predicted molar refractivity (Wildman–Crippen MR) is 100 cm³/mol. The number of benzene rings is 1. The van der Waals surface area contributed by atoms with E-state index in [9.17, 15) is 18.3 Å². The lowest BCUT2D eigenvalue weighted by atomic mass is 10.1. The molecule has 1 saturated heterocycles. The van der Waals surface area contributed by atoms with E-state index >= 15 is 0 Å². The van der Waals surface area contributed by atoms with Crippen molar-refractivity contribution in [2.45, 2.75) is 37.7 Å². The second-order valence-corrected chi connectivity index (χ2v) is 8.46. The van der Waals surface area contributed by atoms with Crippen LogP contribution in [-0.2, 0) is 21.2 Å². The van der Waals surface area contributed by atoms with Gasteiger partial charge in [-0.05, 0) is 24.1 Å². The van der Waals surface area contributed by atoms with Crippen LogP contribution in [0.25, 0.3) is 0 Å². The number of aryl methyl sites for hydroxylation is 1. The third kappa shape index (κ3) is 5.26. The van der Waals surface area contributed by atoms with E-state index < -0.39 is 16.1 Å². The number of sulfonamides is 1. The Balaban J connectivity index is 1.84. The molecule has 2 atom stereocenters. The highest BCUT2D eigenvalue weighted by Gasteiger charge is 2.25. The molecule has 0 bridgehead atoms. The summed E-state index contributed by atoms with van der Waals surface area (Å²) in [6, 6.07) is 6.71. The zero-order chi connectivity index (χ0) is 19.2. The van der Waals surface area contributed by atoms with Gasteiger partial charge in [0.1, 0.15) is 0 Å². The van der Waals surface area contributed by atoms with E-state index in [0.717, 1.165) is 5.56 Å². The Morgan fingerprint density at radius 1 is 1.23 bits per heavy atom. The number of hydrogen-bond acceptors (Lipinski definition) is 5. The van der Waals surface area contributed by atoms with Gasteiger partial charge in [0.15, 0.2) is 0 Å². The molecular formula is C18H29N3O4S. The summed E-state index contributed by atoms with van der Waals surface area (Å²) in [6.45, 7) is 6.25. The minimum Gasteiger partial charge on any atom is -0.391 e. The molecule has 1 aromatic rings. The molecule has 1 amide bonds. The molecular weight excluding hydrogens is 354 g/mol. The summed E-state index contributed by atoms with van der Waals surface area (Å²) < 4.78 is 26.3. The van der Waals surface area contributed by atoms with Gasteiger partial charge in [0.05, 0.1) is 11.0 Å². The molecule has 0 spiro atoms. The molecule has 0 radical (unpaired) electrons. The number of β-amino-alcohol motifs (C(OH)–C–C–N with tert-alkyl or cyclic N) is 1. The summed E-state index contributed by atoms with van der Waals surface area (Å²) in [4.78, 5) is 12.2. The first-order valence-corrected chi connectivity index (χ1v) is 10.6. The third-order valence-corrected chi connectivity index (χ3v) is 6.84. The summed E-state index contributed by atoms with van der Waals surface area (Å²) in [5, 5.41) is 15.6. The van der Waals surface area contributed by atoms with Gasteiger partial charge >= 0.3 is 0 Å². The zero-order valence-corrected chi connectivity index (χ0v) is 16.3. The number of carbonyl (C=O) groups excluding carboxylic acids is 1. The van der Waals surface area contributed by atoms with Gasteiger partial charge in [-0.15, -0.1) is 0 Å². The summed E-state index contributed by atoms with van der Waals surface area (Å²) in [5.41, 5.74) is 0.918. The van der Waals surface area contributed by atoms with Crippen molar-refractivity contribution in [1.29, 1.82) is 0 Å². The van der Waals surface area contributed by atoms with Gasteiger partial charge in [0.25, 0.3) is 0 Å². The van der Waals surface area contributed by atoms with Gasteiger partial charge in [0, 0.05) is 45.1 Å². The monoisotopic (exact) mass is 383 g/mol. The van der Waals surface area contributed by atoms with Crippen molar-refractivity contribution < 1.29 is 18.3 Å². The fraction of sp³-hybridized carbons (Fsp3) is 0.611. The Labute approximate surface area is 155 Å². The van der Waals surface area contributed by atoms with Crippen LogP contribution in [0.5, 0.6) is 0 Å². The lowest BCUT2D eigenvalue weighted by molar-refractivity contribution is -0.121. The van der Waals surface area contributed by atoms with Crippen molar-refractivity contribution >= 4 is 15.9 Å². The Morgan fingerprint density at radius 3 is 2.42 bits per heavy atom. The minimum absolute atomic E-state index is 0.0588. The molecule has 146 valence electrons. The maximum atomic E-state index is 12.4. The number of aliphatic hydroxyl groups is 1. The number of rotatable bonds is 9. The Hall–Kier alpha value is -1.48. The number of nitrogens with zero attached hydrogens (tertiary/aromatic N) is 1. The third-order valence-electron chi connectivity index (χ3n) is 4.77. The van der Waals surface area contributed by atoms with Gasteiger partial charge in [-0.3, -0.25) is 4.79 Å². The van der Waals surface area contributed by atoms with Crippen molar-refractivity contribution in [3.63, 3.8) is 0 Å². The molecule has 1 aliphatic heterocycles. The normalized spacial score (nSPS) is 20.5. The van der Waals surface area contributed by atoms with Crippen LogP contribution >= 0.6 is 0 Å². The highest BCUT2D eigenvalue weighted by atomic mass is 32.2. The molecule has 1 aliphatic rings. The molecule has 0 aliphatic carbocycles. The van der Waals surface area contributed by atoms with Crippen LogP contribution in [0.15, 0.2) is 29.2 Å². The molecule has 1 aromatic carbocycles. The summed E-state index contributed by atoms with van der Waals surface area (Å²) >= 11 is 0. The van der Waals surface area contributed by atoms with E-state index in [-0.39, 0.29) is 16.7 Å². The highest BCUT2D eigenvalue weighted by Crippen LogP contribution is 2.17. The van der Waals surface area contributed by atoms with E-state index in [0.29, 0.717) is 45.6 Å². The lowest BCUT2D eigenvalue weighted by Crippen LogP contribution is -2.34. The first kappa shape index (κ1) is 20.8. The molecule has 8 heteroatoms. The highest BCUT2D eigenvalue weighted by molar-refractivity contribution is 7.89. The largest absolute Gasteiger partial charge is 0.391 e. The maximum Gasteiger partial charge on any atom is 0.243 e.